The summed E-state index contributed by atoms with van der Waals surface area (Å²) in [4.78, 5) is 25.5. The summed E-state index contributed by atoms with van der Waals surface area (Å²) < 4.78 is 13.0. The van der Waals surface area contributed by atoms with Crippen LogP contribution in [0.1, 0.15) is 25.0 Å². The number of rotatable bonds is 6. The standard InChI is InChI=1S/C19H21FN2O2/c1-3-16-6-4-5-7-18(16)21-19(24)13-22(14(2)23)12-15-8-10-17(20)11-9-15/h4-11H,3,12-13H2,1-2H3,(H,21,24). The van der Waals surface area contributed by atoms with Gasteiger partial charge in [0, 0.05) is 19.2 Å². The molecular weight excluding hydrogens is 307 g/mol. The molecule has 5 heteroatoms. The normalized spacial score (nSPS) is 10.3. The van der Waals surface area contributed by atoms with E-state index >= 15 is 0 Å². The third-order valence-electron chi connectivity index (χ3n) is 3.74. The molecule has 126 valence electrons. The van der Waals surface area contributed by atoms with Crippen LogP contribution >= 0.6 is 0 Å². The molecule has 0 aliphatic carbocycles. The van der Waals surface area contributed by atoms with E-state index in [1.165, 1.54) is 24.0 Å². The number of nitrogens with one attached hydrogen (secondary N) is 1. The molecule has 2 rings (SSSR count). The second-order valence-corrected chi connectivity index (χ2v) is 5.56. The SMILES string of the molecule is CCc1ccccc1NC(=O)CN(Cc1ccc(F)cc1)C(C)=O. The van der Waals surface area contributed by atoms with Gasteiger partial charge in [-0.15, -0.1) is 0 Å². The van der Waals surface area contributed by atoms with Gasteiger partial charge < -0.3 is 10.2 Å². The average molecular weight is 328 g/mol. The number of hydrogen-bond acceptors (Lipinski definition) is 2. The van der Waals surface area contributed by atoms with Gasteiger partial charge in [0.05, 0.1) is 0 Å². The molecule has 0 radical (unpaired) electrons. The van der Waals surface area contributed by atoms with E-state index in [1.54, 1.807) is 12.1 Å². The first-order chi connectivity index (χ1) is 11.5. The number of hydrogen-bond donors (Lipinski definition) is 1. The molecule has 0 saturated heterocycles. The maximum Gasteiger partial charge on any atom is 0.244 e. The summed E-state index contributed by atoms with van der Waals surface area (Å²) in [6.45, 7) is 3.64. The molecule has 0 aliphatic heterocycles. The van der Waals surface area contributed by atoms with Crippen molar-refractivity contribution >= 4 is 17.5 Å². The van der Waals surface area contributed by atoms with Gasteiger partial charge in [-0.25, -0.2) is 4.39 Å². The molecule has 0 unspecified atom stereocenters. The average Bonchev–Trinajstić information content (AvgIpc) is 2.56. The zero-order valence-electron chi connectivity index (χ0n) is 13.9. The van der Waals surface area contributed by atoms with Crippen molar-refractivity contribution in [3.8, 4) is 0 Å². The summed E-state index contributed by atoms with van der Waals surface area (Å²) >= 11 is 0. The van der Waals surface area contributed by atoms with Crippen LogP contribution in [-0.2, 0) is 22.6 Å². The number of benzene rings is 2. The Balaban J connectivity index is 2.03. The molecular formula is C19H21FN2O2. The molecule has 0 fully saturated rings. The van der Waals surface area contributed by atoms with Crippen LogP contribution in [0.15, 0.2) is 48.5 Å². The van der Waals surface area contributed by atoms with E-state index in [0.29, 0.717) is 0 Å². The number of carbonyl (C=O) groups excluding carboxylic acids is 2. The summed E-state index contributed by atoms with van der Waals surface area (Å²) in [6, 6.07) is 13.5. The summed E-state index contributed by atoms with van der Waals surface area (Å²) in [7, 11) is 0. The third kappa shape index (κ3) is 4.91. The fourth-order valence-corrected chi connectivity index (χ4v) is 2.40. The Morgan fingerprint density at radius 2 is 1.75 bits per heavy atom. The second-order valence-electron chi connectivity index (χ2n) is 5.56. The van der Waals surface area contributed by atoms with Gasteiger partial charge in [0.1, 0.15) is 12.4 Å². The van der Waals surface area contributed by atoms with Crippen LogP contribution in [0.4, 0.5) is 10.1 Å². The topological polar surface area (TPSA) is 49.4 Å². The molecule has 2 amide bonds. The second kappa shape index (κ2) is 8.24. The Morgan fingerprint density at radius 1 is 1.08 bits per heavy atom. The first-order valence-corrected chi connectivity index (χ1v) is 7.87. The van der Waals surface area contributed by atoms with E-state index in [1.807, 2.05) is 31.2 Å². The Hall–Kier alpha value is -2.69. The molecule has 0 spiro atoms. The van der Waals surface area contributed by atoms with Gasteiger partial charge in [-0.05, 0) is 35.7 Å². The smallest absolute Gasteiger partial charge is 0.244 e. The highest BCUT2D eigenvalue weighted by Gasteiger charge is 2.15. The van der Waals surface area contributed by atoms with Crippen LogP contribution in [0.2, 0.25) is 0 Å². The summed E-state index contributed by atoms with van der Waals surface area (Å²) in [5, 5.41) is 2.85. The van der Waals surface area contributed by atoms with Gasteiger partial charge in [-0.1, -0.05) is 37.3 Å². The molecule has 0 saturated carbocycles. The molecule has 0 aromatic heterocycles. The van der Waals surface area contributed by atoms with Crippen LogP contribution in [0.3, 0.4) is 0 Å². The predicted octanol–water partition coefficient (Wildman–Crippen LogP) is 3.38. The van der Waals surface area contributed by atoms with Crippen molar-refractivity contribution in [2.24, 2.45) is 0 Å². The van der Waals surface area contributed by atoms with Gasteiger partial charge in [-0.3, -0.25) is 9.59 Å². The number of amides is 2. The molecule has 0 bridgehead atoms. The minimum absolute atomic E-state index is 0.0508. The highest BCUT2D eigenvalue weighted by atomic mass is 19.1. The molecule has 0 atom stereocenters. The zero-order chi connectivity index (χ0) is 17.5. The van der Waals surface area contributed by atoms with Crippen LogP contribution in [-0.4, -0.2) is 23.3 Å². The highest BCUT2D eigenvalue weighted by molar-refractivity contribution is 5.94. The monoisotopic (exact) mass is 328 g/mol. The van der Waals surface area contributed by atoms with E-state index in [9.17, 15) is 14.0 Å². The Bertz CT molecular complexity index is 714. The minimum atomic E-state index is -0.331. The first kappa shape index (κ1) is 17.7. The van der Waals surface area contributed by atoms with Crippen molar-refractivity contribution in [2.45, 2.75) is 26.8 Å². The number of carbonyl (C=O) groups is 2. The molecule has 0 aliphatic rings. The van der Waals surface area contributed by atoms with E-state index in [4.69, 9.17) is 0 Å². The molecule has 2 aromatic carbocycles. The number of anilines is 1. The van der Waals surface area contributed by atoms with Crippen molar-refractivity contribution in [3.63, 3.8) is 0 Å². The number of para-hydroxylation sites is 1. The van der Waals surface area contributed by atoms with E-state index in [-0.39, 0.29) is 30.7 Å². The van der Waals surface area contributed by atoms with Crippen molar-refractivity contribution in [1.29, 1.82) is 0 Å². The van der Waals surface area contributed by atoms with Crippen molar-refractivity contribution in [1.82, 2.24) is 4.90 Å². The van der Waals surface area contributed by atoms with Gasteiger partial charge in [0.15, 0.2) is 0 Å². The lowest BCUT2D eigenvalue weighted by Crippen LogP contribution is -2.36. The molecule has 1 N–H and O–H groups in total. The van der Waals surface area contributed by atoms with Gasteiger partial charge >= 0.3 is 0 Å². The molecule has 4 nitrogen and oxygen atoms in total. The van der Waals surface area contributed by atoms with Crippen LogP contribution in [0.25, 0.3) is 0 Å². The van der Waals surface area contributed by atoms with Crippen molar-refractivity contribution in [3.05, 3.63) is 65.5 Å². The number of halogens is 1. The highest BCUT2D eigenvalue weighted by Crippen LogP contribution is 2.15. The fourth-order valence-electron chi connectivity index (χ4n) is 2.40. The van der Waals surface area contributed by atoms with Crippen LogP contribution in [0.5, 0.6) is 0 Å². The lowest BCUT2D eigenvalue weighted by Gasteiger charge is -2.21. The maximum absolute atomic E-state index is 13.0. The van der Waals surface area contributed by atoms with Crippen LogP contribution in [0, 0.1) is 5.82 Å². The van der Waals surface area contributed by atoms with E-state index in [0.717, 1.165) is 23.2 Å². The van der Waals surface area contributed by atoms with Crippen molar-refractivity contribution in [2.75, 3.05) is 11.9 Å². The molecule has 24 heavy (non-hydrogen) atoms. The lowest BCUT2D eigenvalue weighted by molar-refractivity contribution is -0.133. The Kier molecular flexibility index (Phi) is 6.07. The summed E-state index contributed by atoms with van der Waals surface area (Å²) in [5.41, 5.74) is 2.57. The quantitative estimate of drug-likeness (QED) is 0.884. The Labute approximate surface area is 141 Å². The van der Waals surface area contributed by atoms with Crippen LogP contribution < -0.4 is 5.32 Å². The number of aryl methyl sites for hydroxylation is 1. The minimum Gasteiger partial charge on any atom is -0.329 e. The maximum atomic E-state index is 13.0. The van der Waals surface area contributed by atoms with Gasteiger partial charge in [0.25, 0.3) is 0 Å². The third-order valence-corrected chi connectivity index (χ3v) is 3.74. The largest absolute Gasteiger partial charge is 0.329 e. The zero-order valence-corrected chi connectivity index (χ0v) is 13.9. The number of nitrogens with zero attached hydrogens (tertiary/aromatic N) is 1. The fraction of sp³-hybridized carbons (Fsp3) is 0.263. The summed E-state index contributed by atoms with van der Waals surface area (Å²) in [5.74, 6) is -0.798. The predicted molar refractivity (Wildman–Crippen MR) is 91.9 cm³/mol. The van der Waals surface area contributed by atoms with E-state index in [2.05, 4.69) is 5.32 Å². The van der Waals surface area contributed by atoms with Gasteiger partial charge in [-0.2, -0.15) is 0 Å². The first-order valence-electron chi connectivity index (χ1n) is 7.87. The molecule has 2 aromatic rings. The van der Waals surface area contributed by atoms with E-state index < -0.39 is 0 Å². The van der Waals surface area contributed by atoms with Crippen molar-refractivity contribution < 1.29 is 14.0 Å². The summed E-state index contributed by atoms with van der Waals surface area (Å²) in [6.07, 6.45) is 0.808. The Morgan fingerprint density at radius 3 is 2.38 bits per heavy atom. The van der Waals surface area contributed by atoms with Gasteiger partial charge in [0.2, 0.25) is 11.8 Å². The molecule has 0 heterocycles. The lowest BCUT2D eigenvalue weighted by atomic mass is 10.1.